The van der Waals surface area contributed by atoms with Gasteiger partial charge in [0.2, 0.25) is 5.25 Å². The number of carbonyl (C=O) groups is 2. The van der Waals surface area contributed by atoms with E-state index >= 15 is 0 Å². The van der Waals surface area contributed by atoms with Gasteiger partial charge in [-0.3, -0.25) is 9.35 Å². The van der Waals surface area contributed by atoms with Gasteiger partial charge in [0.05, 0.1) is 0 Å². The van der Waals surface area contributed by atoms with Gasteiger partial charge in [-0.15, -0.1) is 0 Å². The van der Waals surface area contributed by atoms with Crippen LogP contribution >= 0.6 is 0 Å². The van der Waals surface area contributed by atoms with Crippen molar-refractivity contribution >= 4 is 22.1 Å². The van der Waals surface area contributed by atoms with Crippen LogP contribution in [-0.2, 0) is 24.4 Å². The number of rotatable bonds is 22. The molecule has 2 unspecified atom stereocenters. The minimum Gasteiger partial charge on any atom is -0.480 e. The fourth-order valence-corrected chi connectivity index (χ4v) is 4.32. The summed E-state index contributed by atoms with van der Waals surface area (Å²) in [6.07, 6.45) is 16.9. The summed E-state index contributed by atoms with van der Waals surface area (Å²) in [4.78, 5) is 22.1. The average molecular weight is 467 g/mol. The summed E-state index contributed by atoms with van der Waals surface area (Å²) in [7, 11) is -5.09. The maximum atomic E-state index is 11.1. The highest BCUT2D eigenvalue weighted by molar-refractivity contribution is 7.87. The molecular formula is C22H42O8S. The van der Waals surface area contributed by atoms with Gasteiger partial charge in [0, 0.05) is 6.61 Å². The number of unbranched alkanes of at least 4 members (excludes halogenated alkanes) is 15. The molecule has 0 aliphatic carbocycles. The van der Waals surface area contributed by atoms with Crippen molar-refractivity contribution in [3.63, 3.8) is 0 Å². The van der Waals surface area contributed by atoms with Gasteiger partial charge in [0.15, 0.2) is 6.10 Å². The number of ether oxygens (including phenoxy) is 1. The van der Waals surface area contributed by atoms with Crippen molar-refractivity contribution < 1.29 is 37.5 Å². The summed E-state index contributed by atoms with van der Waals surface area (Å²) in [6, 6.07) is 0. The highest BCUT2D eigenvalue weighted by Gasteiger charge is 2.44. The summed E-state index contributed by atoms with van der Waals surface area (Å²) in [5.41, 5.74) is 0. The SMILES string of the molecule is CCCCCCCCCCCCCCCCCCOC(C(=O)O)C(C(=O)O)S(=O)(=O)O. The molecule has 0 rings (SSSR count). The van der Waals surface area contributed by atoms with E-state index in [4.69, 9.17) is 19.5 Å². The van der Waals surface area contributed by atoms with Crippen molar-refractivity contribution in [2.75, 3.05) is 6.61 Å². The zero-order chi connectivity index (χ0) is 23.5. The first-order valence-electron chi connectivity index (χ1n) is 11.7. The first-order chi connectivity index (χ1) is 14.7. The minimum atomic E-state index is -5.09. The molecule has 0 amide bonds. The number of carboxylic acids is 2. The number of carboxylic acid groups (broad SMARTS) is 2. The molecule has 184 valence electrons. The summed E-state index contributed by atoms with van der Waals surface area (Å²) in [5.74, 6) is -3.69. The predicted octanol–water partition coefficient (Wildman–Crippen LogP) is 5.06. The van der Waals surface area contributed by atoms with Crippen molar-refractivity contribution in [3.8, 4) is 0 Å². The Morgan fingerprint density at radius 2 is 1.03 bits per heavy atom. The molecule has 31 heavy (non-hydrogen) atoms. The van der Waals surface area contributed by atoms with E-state index < -0.39 is 33.4 Å². The Hall–Kier alpha value is -1.19. The maximum Gasteiger partial charge on any atom is 0.334 e. The quantitative estimate of drug-likeness (QED) is 0.149. The summed E-state index contributed by atoms with van der Waals surface area (Å²) >= 11 is 0. The molecule has 9 heteroatoms. The van der Waals surface area contributed by atoms with Crippen molar-refractivity contribution in [3.05, 3.63) is 0 Å². The van der Waals surface area contributed by atoms with Gasteiger partial charge in [-0.25, -0.2) is 4.79 Å². The van der Waals surface area contributed by atoms with Gasteiger partial charge in [0.25, 0.3) is 10.1 Å². The molecule has 0 aromatic heterocycles. The molecule has 0 aliphatic rings. The van der Waals surface area contributed by atoms with Gasteiger partial charge >= 0.3 is 11.9 Å². The average Bonchev–Trinajstić information content (AvgIpc) is 2.67. The molecule has 0 bridgehead atoms. The zero-order valence-electron chi connectivity index (χ0n) is 19.0. The van der Waals surface area contributed by atoms with Crippen molar-refractivity contribution in [1.82, 2.24) is 0 Å². The van der Waals surface area contributed by atoms with Gasteiger partial charge in [-0.05, 0) is 6.42 Å². The van der Waals surface area contributed by atoms with Crippen LogP contribution in [0, 0.1) is 0 Å². The summed E-state index contributed by atoms with van der Waals surface area (Å²) in [5, 5.41) is 15.4. The summed E-state index contributed by atoms with van der Waals surface area (Å²) in [6.45, 7) is 2.16. The van der Waals surface area contributed by atoms with Crippen LogP contribution in [0.3, 0.4) is 0 Å². The monoisotopic (exact) mass is 466 g/mol. The second-order valence-electron chi connectivity index (χ2n) is 8.21. The van der Waals surface area contributed by atoms with Crippen molar-refractivity contribution in [1.29, 1.82) is 0 Å². The van der Waals surface area contributed by atoms with Crippen LogP contribution < -0.4 is 0 Å². The third-order valence-electron chi connectivity index (χ3n) is 5.38. The van der Waals surface area contributed by atoms with Crippen LogP contribution in [0.1, 0.15) is 110 Å². The lowest BCUT2D eigenvalue weighted by atomic mass is 10.0. The highest BCUT2D eigenvalue weighted by Crippen LogP contribution is 2.15. The van der Waals surface area contributed by atoms with Crippen molar-refractivity contribution in [2.45, 2.75) is 121 Å². The lowest BCUT2D eigenvalue weighted by Crippen LogP contribution is -2.46. The Balaban J connectivity index is 3.68. The highest BCUT2D eigenvalue weighted by atomic mass is 32.2. The molecule has 0 heterocycles. The van der Waals surface area contributed by atoms with Crippen LogP contribution in [0.4, 0.5) is 0 Å². The van der Waals surface area contributed by atoms with Gasteiger partial charge < -0.3 is 14.9 Å². The smallest absolute Gasteiger partial charge is 0.334 e. The lowest BCUT2D eigenvalue weighted by molar-refractivity contribution is -0.156. The fourth-order valence-electron chi connectivity index (χ4n) is 3.56. The predicted molar refractivity (Wildman–Crippen MR) is 120 cm³/mol. The van der Waals surface area contributed by atoms with Crippen molar-refractivity contribution in [2.24, 2.45) is 0 Å². The Kier molecular flexibility index (Phi) is 17.7. The van der Waals surface area contributed by atoms with Crippen LogP contribution in [-0.4, -0.2) is 53.1 Å². The van der Waals surface area contributed by atoms with E-state index in [1.54, 1.807) is 0 Å². The van der Waals surface area contributed by atoms with E-state index in [0.717, 1.165) is 25.7 Å². The third-order valence-corrected chi connectivity index (χ3v) is 6.47. The number of hydrogen-bond donors (Lipinski definition) is 3. The first-order valence-corrected chi connectivity index (χ1v) is 13.3. The van der Waals surface area contributed by atoms with Gasteiger partial charge in [-0.1, -0.05) is 103 Å². The lowest BCUT2D eigenvalue weighted by Gasteiger charge is -2.18. The molecule has 2 atom stereocenters. The topological polar surface area (TPSA) is 138 Å². The van der Waals surface area contributed by atoms with E-state index in [1.807, 2.05) is 0 Å². The molecule has 0 aromatic carbocycles. The van der Waals surface area contributed by atoms with Crippen LogP contribution in [0.2, 0.25) is 0 Å². The molecule has 8 nitrogen and oxygen atoms in total. The van der Waals surface area contributed by atoms with Crippen LogP contribution in [0.5, 0.6) is 0 Å². The second kappa shape index (κ2) is 18.4. The van der Waals surface area contributed by atoms with Gasteiger partial charge in [0.1, 0.15) is 0 Å². The molecule has 0 aromatic rings. The molecule has 0 fully saturated rings. The van der Waals surface area contributed by atoms with E-state index in [-0.39, 0.29) is 6.61 Å². The Morgan fingerprint density at radius 3 is 1.32 bits per heavy atom. The second-order valence-corrected chi connectivity index (χ2v) is 9.74. The third kappa shape index (κ3) is 16.1. The molecule has 3 N–H and O–H groups in total. The molecule has 0 aliphatic heterocycles. The molecule has 0 radical (unpaired) electrons. The van der Waals surface area contributed by atoms with E-state index in [1.165, 1.54) is 70.6 Å². The number of hydrogen-bond acceptors (Lipinski definition) is 5. The molecule has 0 saturated carbocycles. The first kappa shape index (κ1) is 29.8. The summed E-state index contributed by atoms with van der Waals surface area (Å²) < 4.78 is 36.2. The maximum absolute atomic E-state index is 11.1. The molecule has 0 saturated heterocycles. The van der Waals surface area contributed by atoms with Crippen LogP contribution in [0.25, 0.3) is 0 Å². The van der Waals surface area contributed by atoms with Crippen LogP contribution in [0.15, 0.2) is 0 Å². The molecular weight excluding hydrogens is 424 g/mol. The minimum absolute atomic E-state index is 0.0747. The Morgan fingerprint density at radius 1 is 0.677 bits per heavy atom. The van der Waals surface area contributed by atoms with Gasteiger partial charge in [-0.2, -0.15) is 8.42 Å². The normalized spacial score (nSPS) is 13.7. The Bertz CT molecular complexity index is 576. The molecule has 0 spiro atoms. The van der Waals surface area contributed by atoms with E-state index in [9.17, 15) is 18.0 Å². The largest absolute Gasteiger partial charge is 0.480 e. The fraction of sp³-hybridized carbons (Fsp3) is 0.909. The Labute approximate surface area is 187 Å². The van der Waals surface area contributed by atoms with E-state index in [0.29, 0.717) is 6.42 Å². The van der Waals surface area contributed by atoms with E-state index in [2.05, 4.69) is 6.92 Å². The standard InChI is InChI=1S/C22H42O8S/c1-2-3-4-5-6-7-8-9-10-11-12-13-14-15-16-17-18-30-19(21(23)24)20(22(25)26)31(27,28)29/h19-20H,2-18H2,1H3,(H,23,24)(H,25,26)(H,27,28,29). The number of aliphatic carboxylic acids is 2. The zero-order valence-corrected chi connectivity index (χ0v) is 19.8.